The molecule has 1 rings (SSSR count). The van der Waals surface area contributed by atoms with Crippen LogP contribution in [0, 0.1) is 0 Å². The van der Waals surface area contributed by atoms with Gasteiger partial charge in [0.05, 0.1) is 5.56 Å². The van der Waals surface area contributed by atoms with E-state index in [1.165, 1.54) is 23.9 Å². The first-order chi connectivity index (χ1) is 9.02. The van der Waals surface area contributed by atoms with Crippen LogP contribution in [0.5, 0.6) is 0 Å². The summed E-state index contributed by atoms with van der Waals surface area (Å²) in [5, 5.41) is 9.13. The summed E-state index contributed by atoms with van der Waals surface area (Å²) in [4.78, 5) is 11.6. The molecule has 1 aromatic carbocycles. The Hall–Kier alpha value is -1.10. The number of hydrogen-bond donors (Lipinski definition) is 1. The van der Waals surface area contributed by atoms with Gasteiger partial charge in [0, 0.05) is 10.5 Å². The van der Waals surface area contributed by atoms with E-state index in [9.17, 15) is 13.6 Å². The van der Waals surface area contributed by atoms with Crippen LogP contribution in [0.1, 0.15) is 54.6 Å². The molecule has 0 unspecified atom stereocenters. The molecule has 1 aromatic rings. The van der Waals surface area contributed by atoms with E-state index in [4.69, 9.17) is 5.11 Å². The highest BCUT2D eigenvalue weighted by Crippen LogP contribution is 2.36. The summed E-state index contributed by atoms with van der Waals surface area (Å²) in [5.74, 6) is -0.332. The molecule has 0 saturated carbocycles. The van der Waals surface area contributed by atoms with E-state index in [2.05, 4.69) is 0 Å². The fourth-order valence-electron chi connectivity index (χ4n) is 1.86. The molecule has 2 nitrogen and oxygen atoms in total. The maximum atomic E-state index is 13.0. The van der Waals surface area contributed by atoms with Gasteiger partial charge in [0.25, 0.3) is 6.43 Å². The predicted molar refractivity (Wildman–Crippen MR) is 73.4 cm³/mol. The Bertz CT molecular complexity index is 447. The molecular formula is C14H18F2O2S. The van der Waals surface area contributed by atoms with Crippen LogP contribution in [0.4, 0.5) is 8.78 Å². The molecular weight excluding hydrogens is 270 g/mol. The van der Waals surface area contributed by atoms with Crippen molar-refractivity contribution in [3.05, 3.63) is 28.8 Å². The lowest BCUT2D eigenvalue weighted by molar-refractivity contribution is 0.0694. The molecule has 19 heavy (non-hydrogen) atoms. The number of alkyl halides is 2. The third-order valence-electron chi connectivity index (χ3n) is 2.85. The number of carboxylic acids is 1. The van der Waals surface area contributed by atoms with Gasteiger partial charge >= 0.3 is 5.97 Å². The van der Waals surface area contributed by atoms with Gasteiger partial charge in [-0.3, -0.25) is 0 Å². The van der Waals surface area contributed by atoms with E-state index in [-0.39, 0.29) is 11.1 Å². The topological polar surface area (TPSA) is 37.3 Å². The van der Waals surface area contributed by atoms with Gasteiger partial charge in [-0.25, -0.2) is 13.6 Å². The first-order valence-electron chi connectivity index (χ1n) is 6.32. The highest BCUT2D eigenvalue weighted by molar-refractivity contribution is 7.99. The number of hydrogen-bond acceptors (Lipinski definition) is 2. The summed E-state index contributed by atoms with van der Waals surface area (Å²) < 4.78 is 26.1. The van der Waals surface area contributed by atoms with Gasteiger partial charge < -0.3 is 5.11 Å². The number of rotatable bonds is 7. The number of benzene rings is 1. The largest absolute Gasteiger partial charge is 0.478 e. The van der Waals surface area contributed by atoms with Crippen molar-refractivity contribution in [2.24, 2.45) is 0 Å². The van der Waals surface area contributed by atoms with Crippen molar-refractivity contribution >= 4 is 17.7 Å². The van der Waals surface area contributed by atoms with Gasteiger partial charge in [-0.1, -0.05) is 26.3 Å². The van der Waals surface area contributed by atoms with E-state index >= 15 is 0 Å². The Kier molecular flexibility index (Phi) is 6.28. The number of carbonyl (C=O) groups is 1. The first-order valence-corrected chi connectivity index (χ1v) is 7.31. The summed E-state index contributed by atoms with van der Waals surface area (Å²) in [6.07, 6.45) is -0.223. The fraction of sp³-hybridized carbons (Fsp3) is 0.500. The molecule has 0 aliphatic heterocycles. The monoisotopic (exact) mass is 288 g/mol. The van der Waals surface area contributed by atoms with Crippen LogP contribution in [0.15, 0.2) is 17.0 Å². The minimum atomic E-state index is -2.57. The van der Waals surface area contributed by atoms with Crippen LogP contribution in [0.2, 0.25) is 0 Å². The Labute approximate surface area is 116 Å². The first kappa shape index (κ1) is 16.0. The Morgan fingerprint density at radius 3 is 2.53 bits per heavy atom. The zero-order chi connectivity index (χ0) is 14.4. The molecule has 0 fully saturated rings. The second-order valence-corrected chi connectivity index (χ2v) is 5.28. The highest BCUT2D eigenvalue weighted by atomic mass is 32.2. The van der Waals surface area contributed by atoms with Crippen LogP contribution in [0.3, 0.4) is 0 Å². The van der Waals surface area contributed by atoms with Crippen molar-refractivity contribution in [1.29, 1.82) is 0 Å². The third-order valence-corrected chi connectivity index (χ3v) is 4.12. The van der Waals surface area contributed by atoms with Crippen LogP contribution < -0.4 is 0 Å². The predicted octanol–water partition coefficient (Wildman–Crippen LogP) is 4.78. The van der Waals surface area contributed by atoms with Crippen molar-refractivity contribution in [2.75, 3.05) is 5.75 Å². The summed E-state index contributed by atoms with van der Waals surface area (Å²) in [5.41, 5.74) is 0.597. The lowest BCUT2D eigenvalue weighted by Crippen LogP contribution is -2.06. The number of unbranched alkanes of at least 4 members (excludes halogenated alkanes) is 1. The molecule has 1 N–H and O–H groups in total. The van der Waals surface area contributed by atoms with Crippen molar-refractivity contribution in [3.63, 3.8) is 0 Å². The van der Waals surface area contributed by atoms with E-state index in [1.807, 2.05) is 6.92 Å². The van der Waals surface area contributed by atoms with E-state index < -0.39 is 12.4 Å². The summed E-state index contributed by atoms with van der Waals surface area (Å²) in [7, 11) is 0. The maximum absolute atomic E-state index is 13.0. The Morgan fingerprint density at radius 1 is 1.37 bits per heavy atom. The van der Waals surface area contributed by atoms with Crippen molar-refractivity contribution < 1.29 is 18.7 Å². The molecule has 0 radical (unpaired) electrons. The minimum Gasteiger partial charge on any atom is -0.478 e. The zero-order valence-corrected chi connectivity index (χ0v) is 11.9. The normalized spacial score (nSPS) is 11.0. The average molecular weight is 288 g/mol. The lowest BCUT2D eigenvalue weighted by atomic mass is 10.0. The molecule has 0 aliphatic rings. The molecule has 0 atom stereocenters. The van der Waals surface area contributed by atoms with Crippen molar-refractivity contribution in [2.45, 2.75) is 44.4 Å². The van der Waals surface area contributed by atoms with Crippen LogP contribution >= 0.6 is 11.8 Å². The third kappa shape index (κ3) is 3.93. The van der Waals surface area contributed by atoms with Crippen molar-refractivity contribution in [1.82, 2.24) is 0 Å². The lowest BCUT2D eigenvalue weighted by Gasteiger charge is -2.15. The highest BCUT2D eigenvalue weighted by Gasteiger charge is 2.21. The summed E-state index contributed by atoms with van der Waals surface area (Å²) in [6.45, 7) is 3.82. The van der Waals surface area contributed by atoms with E-state index in [0.717, 1.165) is 18.6 Å². The molecule has 0 spiro atoms. The standard InChI is InChI=1S/C14H18F2O2S/c1-3-5-8-19-12-9(4-2)10(14(17)18)6-7-11(12)13(15)16/h6-7,13H,3-5,8H2,1-2H3,(H,17,18). The maximum Gasteiger partial charge on any atom is 0.336 e. The molecule has 0 aromatic heterocycles. The van der Waals surface area contributed by atoms with Gasteiger partial charge in [-0.05, 0) is 30.2 Å². The van der Waals surface area contributed by atoms with E-state index in [0.29, 0.717) is 16.9 Å². The van der Waals surface area contributed by atoms with Gasteiger partial charge in [0.1, 0.15) is 0 Å². The second kappa shape index (κ2) is 7.48. The smallest absolute Gasteiger partial charge is 0.336 e. The summed E-state index contributed by atoms with van der Waals surface area (Å²) in [6, 6.07) is 2.52. The fourth-order valence-corrected chi connectivity index (χ4v) is 3.25. The molecule has 0 amide bonds. The molecule has 0 saturated heterocycles. The van der Waals surface area contributed by atoms with Gasteiger partial charge in [-0.2, -0.15) is 0 Å². The number of carboxylic acid groups (broad SMARTS) is 1. The average Bonchev–Trinajstić information content (AvgIpc) is 2.37. The van der Waals surface area contributed by atoms with Gasteiger partial charge in [0.2, 0.25) is 0 Å². The SMILES string of the molecule is CCCCSc1c(C(F)F)ccc(C(=O)O)c1CC. The number of thioether (sulfide) groups is 1. The molecule has 0 heterocycles. The Balaban J connectivity index is 3.24. The van der Waals surface area contributed by atoms with E-state index in [1.54, 1.807) is 6.92 Å². The quantitative estimate of drug-likeness (QED) is 0.579. The van der Waals surface area contributed by atoms with Gasteiger partial charge in [-0.15, -0.1) is 11.8 Å². The van der Waals surface area contributed by atoms with Crippen molar-refractivity contribution in [3.8, 4) is 0 Å². The summed E-state index contributed by atoms with van der Waals surface area (Å²) >= 11 is 1.34. The number of halogens is 2. The van der Waals surface area contributed by atoms with Crippen LogP contribution in [0.25, 0.3) is 0 Å². The zero-order valence-electron chi connectivity index (χ0n) is 11.1. The van der Waals surface area contributed by atoms with Crippen LogP contribution in [-0.2, 0) is 6.42 Å². The molecule has 0 aliphatic carbocycles. The minimum absolute atomic E-state index is 0.0528. The van der Waals surface area contributed by atoms with Crippen LogP contribution in [-0.4, -0.2) is 16.8 Å². The second-order valence-electron chi connectivity index (χ2n) is 4.17. The molecule has 0 bridgehead atoms. The van der Waals surface area contributed by atoms with Gasteiger partial charge in [0.15, 0.2) is 0 Å². The number of aromatic carboxylic acids is 1. The Morgan fingerprint density at radius 2 is 2.05 bits per heavy atom. The molecule has 106 valence electrons. The molecule has 5 heteroatoms.